The minimum Gasteiger partial charge on any atom is -0.390 e. The molecule has 0 unspecified atom stereocenters. The van der Waals surface area contributed by atoms with Gasteiger partial charge in [-0.1, -0.05) is 109 Å². The fourth-order valence-corrected chi connectivity index (χ4v) is 7.79. The van der Waals surface area contributed by atoms with Crippen LogP contribution in [-0.4, -0.2) is 43.3 Å². The molecule has 1 aliphatic heterocycles. The number of aliphatic hydroxyl groups is 1. The second-order valence-corrected chi connectivity index (χ2v) is 12.5. The van der Waals surface area contributed by atoms with Crippen LogP contribution in [0.2, 0.25) is 0 Å². The van der Waals surface area contributed by atoms with Gasteiger partial charge in [0.25, 0.3) is 0 Å². The summed E-state index contributed by atoms with van der Waals surface area (Å²) in [6.45, 7) is 1.57. The monoisotopic (exact) mass is 590 g/mol. The number of rotatable bonds is 7. The Morgan fingerprint density at radius 1 is 0.600 bits per heavy atom. The van der Waals surface area contributed by atoms with E-state index in [1.54, 1.807) is 7.11 Å². The van der Waals surface area contributed by atoms with Crippen molar-refractivity contribution < 1.29 is 14.6 Å². The number of hydrogen-bond donors (Lipinski definition) is 3. The first-order chi connectivity index (χ1) is 22.2. The largest absolute Gasteiger partial charge is 0.390 e. The highest BCUT2D eigenvalue weighted by Crippen LogP contribution is 2.37. The first kappa shape index (κ1) is 27.0. The minimum absolute atomic E-state index is 0.256. The van der Waals surface area contributed by atoms with E-state index in [4.69, 9.17) is 9.47 Å². The van der Waals surface area contributed by atoms with Crippen LogP contribution >= 0.6 is 0 Å². The normalized spacial score (nSPS) is 20.9. The zero-order valence-electron chi connectivity index (χ0n) is 25.1. The third-order valence-corrected chi connectivity index (χ3v) is 10.1. The molecule has 0 spiro atoms. The van der Waals surface area contributed by atoms with E-state index in [9.17, 15) is 5.11 Å². The van der Waals surface area contributed by atoms with Gasteiger partial charge in [0, 0.05) is 20.2 Å². The van der Waals surface area contributed by atoms with Crippen LogP contribution in [0.15, 0.2) is 109 Å². The molecule has 1 saturated heterocycles. The Labute approximate surface area is 261 Å². The van der Waals surface area contributed by atoms with Gasteiger partial charge in [-0.15, -0.1) is 0 Å². The molecule has 0 aromatic heterocycles. The van der Waals surface area contributed by atoms with E-state index in [0.29, 0.717) is 19.7 Å². The molecule has 0 radical (unpaired) electrons. The summed E-state index contributed by atoms with van der Waals surface area (Å²) in [5, 5.41) is 34.1. The van der Waals surface area contributed by atoms with Crippen LogP contribution in [0.4, 0.5) is 0 Å². The molecule has 1 heterocycles. The molecular weight excluding hydrogens is 556 g/mol. The molecule has 222 valence electrons. The van der Waals surface area contributed by atoms with Crippen molar-refractivity contribution in [2.75, 3.05) is 13.7 Å². The summed E-state index contributed by atoms with van der Waals surface area (Å²) in [7, 11) is 1.64. The van der Waals surface area contributed by atoms with Gasteiger partial charge in [-0.3, -0.25) is 0 Å². The molecule has 3 N–H and O–H groups in total. The van der Waals surface area contributed by atoms with Crippen LogP contribution < -0.4 is 10.6 Å². The Bertz CT molecular complexity index is 2300. The van der Waals surface area contributed by atoms with E-state index in [0.717, 1.165) is 0 Å². The van der Waals surface area contributed by atoms with E-state index >= 15 is 0 Å². The summed E-state index contributed by atoms with van der Waals surface area (Å²) < 4.78 is 11.9. The molecule has 5 heteroatoms. The summed E-state index contributed by atoms with van der Waals surface area (Å²) >= 11 is 0. The van der Waals surface area contributed by atoms with Crippen molar-refractivity contribution in [3.63, 3.8) is 0 Å². The summed E-state index contributed by atoms with van der Waals surface area (Å²) in [6.07, 6.45) is -1.25. The molecule has 0 saturated carbocycles. The average Bonchev–Trinajstić information content (AvgIpc) is 3.09. The lowest BCUT2D eigenvalue weighted by molar-refractivity contribution is -0.200. The van der Waals surface area contributed by atoms with Gasteiger partial charge in [-0.2, -0.15) is 0 Å². The standard InChI is InChI=1S/C40H34N2O3/c1-44-40-38(42-21-30-15-13-28-11-9-24-5-3-7-26-17-19-32(30)37(28)35(24)26)39(43)33(22-45-40)41-20-29-14-12-27-10-8-23-4-2-6-25-16-18-31(29)36(27)34(23)25/h2-19,33,38-43H,20-22H2,1H3/t33-,38-,39+,40-/m1/s1. The van der Waals surface area contributed by atoms with Gasteiger partial charge in [0.2, 0.25) is 0 Å². The predicted octanol–water partition coefficient (Wildman–Crippen LogP) is 7.46. The topological polar surface area (TPSA) is 62.8 Å². The van der Waals surface area contributed by atoms with E-state index in [-0.39, 0.29) is 6.04 Å². The second kappa shape index (κ2) is 10.6. The molecule has 9 rings (SSSR count). The molecule has 8 aromatic carbocycles. The fourth-order valence-electron chi connectivity index (χ4n) is 7.79. The molecule has 45 heavy (non-hydrogen) atoms. The van der Waals surface area contributed by atoms with Crippen LogP contribution in [-0.2, 0) is 22.6 Å². The molecule has 0 bridgehead atoms. The predicted molar refractivity (Wildman–Crippen MR) is 184 cm³/mol. The van der Waals surface area contributed by atoms with Crippen molar-refractivity contribution in [1.82, 2.24) is 10.6 Å². The van der Waals surface area contributed by atoms with Gasteiger partial charge in [0.05, 0.1) is 24.8 Å². The third kappa shape index (κ3) is 4.27. The van der Waals surface area contributed by atoms with Crippen molar-refractivity contribution in [2.45, 2.75) is 37.6 Å². The van der Waals surface area contributed by atoms with Gasteiger partial charge in [-0.25, -0.2) is 0 Å². The minimum atomic E-state index is -0.705. The van der Waals surface area contributed by atoms with Gasteiger partial charge in [0.1, 0.15) is 0 Å². The van der Waals surface area contributed by atoms with E-state index in [1.807, 2.05) is 0 Å². The average molecular weight is 591 g/mol. The molecule has 5 nitrogen and oxygen atoms in total. The number of hydrogen-bond acceptors (Lipinski definition) is 5. The molecule has 1 fully saturated rings. The smallest absolute Gasteiger partial charge is 0.175 e. The lowest BCUT2D eigenvalue weighted by Gasteiger charge is -2.40. The lowest BCUT2D eigenvalue weighted by atomic mass is 9.91. The maximum Gasteiger partial charge on any atom is 0.175 e. The van der Waals surface area contributed by atoms with Crippen molar-refractivity contribution in [2.24, 2.45) is 0 Å². The summed E-state index contributed by atoms with van der Waals surface area (Å²) in [5.41, 5.74) is 2.39. The molecule has 4 atom stereocenters. The Balaban J connectivity index is 0.978. The van der Waals surface area contributed by atoms with E-state index in [2.05, 4.69) is 120 Å². The van der Waals surface area contributed by atoms with Crippen LogP contribution in [0, 0.1) is 0 Å². The van der Waals surface area contributed by atoms with E-state index in [1.165, 1.54) is 75.8 Å². The zero-order chi connectivity index (χ0) is 30.1. The lowest BCUT2D eigenvalue weighted by Crippen LogP contribution is -2.63. The van der Waals surface area contributed by atoms with Gasteiger partial charge in [-0.05, 0) is 75.8 Å². The number of methoxy groups -OCH3 is 1. The number of nitrogens with one attached hydrogen (secondary N) is 2. The second-order valence-electron chi connectivity index (χ2n) is 12.5. The first-order valence-electron chi connectivity index (χ1n) is 15.8. The summed E-state index contributed by atoms with van der Waals surface area (Å²) in [5.74, 6) is 0. The number of aliphatic hydroxyl groups excluding tert-OH is 1. The fraction of sp³-hybridized carbons (Fsp3) is 0.200. The highest BCUT2D eigenvalue weighted by atomic mass is 16.7. The number of ether oxygens (including phenoxy) is 2. The summed E-state index contributed by atoms with van der Waals surface area (Å²) in [4.78, 5) is 0. The molecule has 8 aromatic rings. The van der Waals surface area contributed by atoms with Gasteiger partial charge < -0.3 is 25.2 Å². The Hall–Kier alpha value is -4.36. The summed E-state index contributed by atoms with van der Waals surface area (Å²) in [6, 6.07) is 38.8. The Morgan fingerprint density at radius 2 is 1.04 bits per heavy atom. The van der Waals surface area contributed by atoms with E-state index < -0.39 is 18.4 Å². The van der Waals surface area contributed by atoms with Crippen molar-refractivity contribution in [1.29, 1.82) is 0 Å². The van der Waals surface area contributed by atoms with Crippen LogP contribution in [0.1, 0.15) is 11.1 Å². The first-order valence-corrected chi connectivity index (χ1v) is 15.8. The van der Waals surface area contributed by atoms with Crippen LogP contribution in [0.3, 0.4) is 0 Å². The maximum absolute atomic E-state index is 11.7. The highest BCUT2D eigenvalue weighted by molar-refractivity contribution is 6.24. The third-order valence-electron chi connectivity index (χ3n) is 10.1. The van der Waals surface area contributed by atoms with Crippen LogP contribution in [0.25, 0.3) is 64.6 Å². The SMILES string of the molecule is CO[C@@H]1OC[C@@H](NCc2ccc3ccc4cccc5ccc2c3c45)[C@H](O)[C@H]1NCc1ccc2ccc3cccc4ccc1c2c34. The number of benzene rings is 8. The molecule has 0 amide bonds. The van der Waals surface area contributed by atoms with Gasteiger partial charge >= 0.3 is 0 Å². The maximum atomic E-state index is 11.7. The van der Waals surface area contributed by atoms with Crippen molar-refractivity contribution in [3.05, 3.63) is 120 Å². The zero-order valence-corrected chi connectivity index (χ0v) is 25.1. The Morgan fingerprint density at radius 3 is 1.56 bits per heavy atom. The van der Waals surface area contributed by atoms with Crippen LogP contribution in [0.5, 0.6) is 0 Å². The quantitative estimate of drug-likeness (QED) is 0.168. The van der Waals surface area contributed by atoms with Crippen molar-refractivity contribution in [3.8, 4) is 0 Å². The molecule has 1 aliphatic rings. The Kier molecular flexibility index (Phi) is 6.37. The van der Waals surface area contributed by atoms with Gasteiger partial charge in [0.15, 0.2) is 6.29 Å². The molecule has 0 aliphatic carbocycles. The van der Waals surface area contributed by atoms with Crippen molar-refractivity contribution >= 4 is 64.6 Å². The highest BCUT2D eigenvalue weighted by Gasteiger charge is 2.39. The molecular formula is C40H34N2O3.